The molecule has 0 unspecified atom stereocenters. The smallest absolute Gasteiger partial charge is 0.153 e. The SMILES string of the molecule is O=Cc1cccc(Cl)c1OCc1ccsc1. The molecule has 16 heavy (non-hydrogen) atoms. The molecule has 0 saturated carbocycles. The first-order chi connectivity index (χ1) is 7.81. The van der Waals surface area contributed by atoms with Crippen molar-refractivity contribution in [3.05, 3.63) is 51.2 Å². The van der Waals surface area contributed by atoms with Crippen LogP contribution in [0.4, 0.5) is 0 Å². The lowest BCUT2D eigenvalue weighted by Crippen LogP contribution is -1.97. The Morgan fingerprint density at radius 3 is 2.94 bits per heavy atom. The van der Waals surface area contributed by atoms with E-state index in [2.05, 4.69) is 0 Å². The molecule has 0 amide bonds. The first kappa shape index (κ1) is 11.2. The maximum absolute atomic E-state index is 10.8. The highest BCUT2D eigenvalue weighted by Gasteiger charge is 2.07. The van der Waals surface area contributed by atoms with Crippen LogP contribution in [0.3, 0.4) is 0 Å². The van der Waals surface area contributed by atoms with Gasteiger partial charge in [-0.1, -0.05) is 17.7 Å². The number of benzene rings is 1. The van der Waals surface area contributed by atoms with E-state index in [1.54, 1.807) is 29.5 Å². The van der Waals surface area contributed by atoms with Gasteiger partial charge in [0, 0.05) is 0 Å². The van der Waals surface area contributed by atoms with E-state index in [0.717, 1.165) is 11.8 Å². The third kappa shape index (κ3) is 2.43. The van der Waals surface area contributed by atoms with Gasteiger partial charge in [-0.2, -0.15) is 11.3 Å². The molecule has 1 heterocycles. The molecular formula is C12H9ClO2S. The molecule has 1 aromatic carbocycles. The predicted octanol–water partition coefficient (Wildman–Crippen LogP) is 3.79. The molecule has 2 aromatic rings. The van der Waals surface area contributed by atoms with E-state index in [1.807, 2.05) is 16.8 Å². The number of halogens is 1. The van der Waals surface area contributed by atoms with Crippen molar-refractivity contribution in [2.24, 2.45) is 0 Å². The van der Waals surface area contributed by atoms with Crippen LogP contribution >= 0.6 is 22.9 Å². The monoisotopic (exact) mass is 252 g/mol. The zero-order chi connectivity index (χ0) is 11.4. The maximum Gasteiger partial charge on any atom is 0.153 e. The van der Waals surface area contributed by atoms with E-state index >= 15 is 0 Å². The number of carbonyl (C=O) groups is 1. The van der Waals surface area contributed by atoms with Crippen molar-refractivity contribution in [2.45, 2.75) is 6.61 Å². The second kappa shape index (κ2) is 5.14. The number of rotatable bonds is 4. The number of thiophene rings is 1. The average molecular weight is 253 g/mol. The van der Waals surface area contributed by atoms with E-state index in [9.17, 15) is 4.79 Å². The predicted molar refractivity (Wildman–Crippen MR) is 65.5 cm³/mol. The molecule has 0 atom stereocenters. The van der Waals surface area contributed by atoms with Crippen LogP contribution < -0.4 is 4.74 Å². The standard InChI is InChI=1S/C12H9ClO2S/c13-11-3-1-2-10(6-14)12(11)15-7-9-4-5-16-8-9/h1-6,8H,7H2. The van der Waals surface area contributed by atoms with Crippen LogP contribution in [0, 0.1) is 0 Å². The number of hydrogen-bond acceptors (Lipinski definition) is 3. The van der Waals surface area contributed by atoms with Crippen LogP contribution in [0.15, 0.2) is 35.0 Å². The van der Waals surface area contributed by atoms with Gasteiger partial charge in [0.15, 0.2) is 6.29 Å². The zero-order valence-corrected chi connectivity index (χ0v) is 9.92. The van der Waals surface area contributed by atoms with E-state index in [1.165, 1.54) is 0 Å². The number of carbonyl (C=O) groups excluding carboxylic acids is 1. The summed E-state index contributed by atoms with van der Waals surface area (Å²) in [5.41, 5.74) is 1.55. The Labute approximate surface area is 102 Å². The fourth-order valence-corrected chi connectivity index (χ4v) is 2.19. The van der Waals surface area contributed by atoms with Gasteiger partial charge in [0.2, 0.25) is 0 Å². The van der Waals surface area contributed by atoms with Crippen molar-refractivity contribution >= 4 is 29.2 Å². The molecular weight excluding hydrogens is 244 g/mol. The third-order valence-electron chi connectivity index (χ3n) is 2.09. The summed E-state index contributed by atoms with van der Waals surface area (Å²) in [5.74, 6) is 0.449. The van der Waals surface area contributed by atoms with Crippen molar-refractivity contribution in [3.8, 4) is 5.75 Å². The number of para-hydroxylation sites is 1. The van der Waals surface area contributed by atoms with E-state index in [4.69, 9.17) is 16.3 Å². The Hall–Kier alpha value is -1.32. The van der Waals surface area contributed by atoms with Gasteiger partial charge in [-0.25, -0.2) is 0 Å². The highest BCUT2D eigenvalue weighted by molar-refractivity contribution is 7.07. The van der Waals surface area contributed by atoms with Crippen molar-refractivity contribution in [1.29, 1.82) is 0 Å². The Morgan fingerprint density at radius 2 is 2.25 bits per heavy atom. The molecule has 1 aromatic heterocycles. The summed E-state index contributed by atoms with van der Waals surface area (Å²) in [5, 5.41) is 4.43. The largest absolute Gasteiger partial charge is 0.487 e. The molecule has 4 heteroatoms. The lowest BCUT2D eigenvalue weighted by molar-refractivity contribution is 0.111. The number of hydrogen-bond donors (Lipinski definition) is 0. The summed E-state index contributed by atoms with van der Waals surface area (Å²) in [6.07, 6.45) is 0.745. The third-order valence-corrected chi connectivity index (χ3v) is 3.12. The highest BCUT2D eigenvalue weighted by Crippen LogP contribution is 2.28. The minimum absolute atomic E-state index is 0.425. The van der Waals surface area contributed by atoms with Gasteiger partial charge in [-0.3, -0.25) is 4.79 Å². The Bertz CT molecular complexity index is 480. The van der Waals surface area contributed by atoms with E-state index in [0.29, 0.717) is 22.9 Å². The molecule has 0 spiro atoms. The van der Waals surface area contributed by atoms with Crippen LogP contribution in [0.5, 0.6) is 5.75 Å². The molecule has 0 saturated heterocycles. The van der Waals surface area contributed by atoms with Crippen molar-refractivity contribution in [3.63, 3.8) is 0 Å². The van der Waals surface area contributed by atoms with Gasteiger partial charge in [0.05, 0.1) is 10.6 Å². The fourth-order valence-electron chi connectivity index (χ4n) is 1.30. The Balaban J connectivity index is 2.17. The molecule has 0 aliphatic heterocycles. The zero-order valence-electron chi connectivity index (χ0n) is 8.35. The second-order valence-electron chi connectivity index (χ2n) is 3.20. The summed E-state index contributed by atoms with van der Waals surface area (Å²) < 4.78 is 5.55. The quantitative estimate of drug-likeness (QED) is 0.774. The van der Waals surface area contributed by atoms with Gasteiger partial charge in [-0.15, -0.1) is 0 Å². The molecule has 0 N–H and O–H groups in total. The molecule has 0 radical (unpaired) electrons. The van der Waals surface area contributed by atoms with Gasteiger partial charge < -0.3 is 4.74 Å². The molecule has 2 rings (SSSR count). The number of aldehydes is 1. The summed E-state index contributed by atoms with van der Waals surface area (Å²) >= 11 is 7.57. The summed E-state index contributed by atoms with van der Waals surface area (Å²) in [4.78, 5) is 10.8. The van der Waals surface area contributed by atoms with Crippen LogP contribution in [0.1, 0.15) is 15.9 Å². The normalized spacial score (nSPS) is 10.1. The van der Waals surface area contributed by atoms with E-state index < -0.39 is 0 Å². The van der Waals surface area contributed by atoms with Crippen LogP contribution in [-0.2, 0) is 6.61 Å². The maximum atomic E-state index is 10.8. The molecule has 0 aliphatic rings. The average Bonchev–Trinajstić information content (AvgIpc) is 2.80. The summed E-state index contributed by atoms with van der Waals surface area (Å²) in [7, 11) is 0. The van der Waals surface area contributed by atoms with Crippen molar-refractivity contribution in [2.75, 3.05) is 0 Å². The fraction of sp³-hybridized carbons (Fsp3) is 0.0833. The van der Waals surface area contributed by atoms with Gasteiger partial charge >= 0.3 is 0 Å². The lowest BCUT2D eigenvalue weighted by Gasteiger charge is -2.08. The first-order valence-electron chi connectivity index (χ1n) is 4.69. The molecule has 2 nitrogen and oxygen atoms in total. The van der Waals surface area contributed by atoms with Crippen LogP contribution in [-0.4, -0.2) is 6.29 Å². The minimum Gasteiger partial charge on any atom is -0.487 e. The van der Waals surface area contributed by atoms with E-state index in [-0.39, 0.29) is 0 Å². The summed E-state index contributed by atoms with van der Waals surface area (Å²) in [6.45, 7) is 0.425. The van der Waals surface area contributed by atoms with Gasteiger partial charge in [0.1, 0.15) is 12.4 Å². The van der Waals surface area contributed by atoms with Crippen molar-refractivity contribution in [1.82, 2.24) is 0 Å². The van der Waals surface area contributed by atoms with Gasteiger partial charge in [0.25, 0.3) is 0 Å². The Morgan fingerprint density at radius 1 is 1.38 bits per heavy atom. The first-order valence-corrected chi connectivity index (χ1v) is 6.01. The second-order valence-corrected chi connectivity index (χ2v) is 4.38. The van der Waals surface area contributed by atoms with Gasteiger partial charge in [-0.05, 0) is 34.5 Å². The molecule has 0 fully saturated rings. The lowest BCUT2D eigenvalue weighted by atomic mass is 10.2. The van der Waals surface area contributed by atoms with Crippen LogP contribution in [0.25, 0.3) is 0 Å². The highest BCUT2D eigenvalue weighted by atomic mass is 35.5. The minimum atomic E-state index is 0.425. The topological polar surface area (TPSA) is 26.3 Å². The molecule has 0 aliphatic carbocycles. The Kier molecular flexibility index (Phi) is 3.59. The molecule has 0 bridgehead atoms. The summed E-state index contributed by atoms with van der Waals surface area (Å²) in [6, 6.07) is 7.09. The van der Waals surface area contributed by atoms with Crippen LogP contribution in [0.2, 0.25) is 5.02 Å². The van der Waals surface area contributed by atoms with Crippen molar-refractivity contribution < 1.29 is 9.53 Å². The molecule has 82 valence electrons. The number of ether oxygens (including phenoxy) is 1.